The van der Waals surface area contributed by atoms with Crippen molar-refractivity contribution < 1.29 is 9.59 Å². The van der Waals surface area contributed by atoms with Gasteiger partial charge in [-0.05, 0) is 43.9 Å². The second-order valence-electron chi connectivity index (χ2n) is 9.49. The van der Waals surface area contributed by atoms with E-state index in [1.807, 2.05) is 56.3 Å². The minimum absolute atomic E-state index is 0.0162. The molecule has 0 heterocycles. The van der Waals surface area contributed by atoms with Gasteiger partial charge in [0, 0.05) is 25.3 Å². The van der Waals surface area contributed by atoms with Crippen molar-refractivity contribution in [3.63, 3.8) is 0 Å². The molecule has 0 unspecified atom stereocenters. The number of benzene rings is 3. The van der Waals surface area contributed by atoms with Crippen LogP contribution in [0.25, 0.3) is 0 Å². The third kappa shape index (κ3) is 8.56. The minimum atomic E-state index is -0.574. The molecule has 0 aromatic heterocycles. The normalized spacial score (nSPS) is 11.7. The number of amides is 2. The molecule has 0 fully saturated rings. The summed E-state index contributed by atoms with van der Waals surface area (Å²) in [6, 6.07) is 24.1. The number of carbonyl (C=O) groups excluding carboxylic acids is 2. The van der Waals surface area contributed by atoms with Gasteiger partial charge >= 0.3 is 0 Å². The lowest BCUT2D eigenvalue weighted by Crippen LogP contribution is -2.51. The van der Waals surface area contributed by atoms with Crippen LogP contribution < -0.4 is 5.32 Å². The summed E-state index contributed by atoms with van der Waals surface area (Å²) in [6.45, 7) is 9.27. The van der Waals surface area contributed by atoms with Gasteiger partial charge in [-0.3, -0.25) is 9.59 Å². The topological polar surface area (TPSA) is 49.4 Å². The van der Waals surface area contributed by atoms with Crippen LogP contribution in [-0.2, 0) is 28.3 Å². The third-order valence-corrected chi connectivity index (χ3v) is 7.06. The van der Waals surface area contributed by atoms with Crippen LogP contribution in [0.1, 0.15) is 46.7 Å². The first-order valence-corrected chi connectivity index (χ1v) is 13.8. The highest BCUT2D eigenvalue weighted by Crippen LogP contribution is 2.20. The molecule has 3 rings (SSSR count). The van der Waals surface area contributed by atoms with Gasteiger partial charge in [-0.2, -0.15) is 0 Å². The first kappa shape index (κ1) is 27.5. The molecular formula is C31H38N2O2S. The molecule has 3 aromatic rings. The summed E-state index contributed by atoms with van der Waals surface area (Å²) >= 11 is 1.60. The Hall–Kier alpha value is -3.05. The Balaban J connectivity index is 1.83. The SMILES string of the molecule is CCCNC(=O)[C@@H](Cc1ccccc1)N(Cc1ccc(C)cc1)C(=O)CSCc1cc(C)cc(C)c1. The van der Waals surface area contributed by atoms with Crippen molar-refractivity contribution in [2.24, 2.45) is 0 Å². The Morgan fingerprint density at radius 3 is 2.14 bits per heavy atom. The number of hydrogen-bond donors (Lipinski definition) is 1. The molecule has 1 N–H and O–H groups in total. The maximum atomic E-state index is 13.7. The summed E-state index contributed by atoms with van der Waals surface area (Å²) in [7, 11) is 0. The van der Waals surface area contributed by atoms with E-state index in [1.165, 1.54) is 22.3 Å². The molecule has 0 radical (unpaired) electrons. The number of aryl methyl sites for hydroxylation is 3. The van der Waals surface area contributed by atoms with E-state index in [1.54, 1.807) is 16.7 Å². The molecule has 0 aliphatic carbocycles. The molecule has 0 aliphatic heterocycles. The Morgan fingerprint density at radius 2 is 1.50 bits per heavy atom. The summed E-state index contributed by atoms with van der Waals surface area (Å²) in [5.41, 5.74) is 6.91. The van der Waals surface area contributed by atoms with E-state index < -0.39 is 6.04 Å². The summed E-state index contributed by atoms with van der Waals surface area (Å²) in [5, 5.41) is 3.04. The maximum Gasteiger partial charge on any atom is 0.243 e. The summed E-state index contributed by atoms with van der Waals surface area (Å²) in [4.78, 5) is 28.8. The van der Waals surface area contributed by atoms with Crippen LogP contribution in [0, 0.1) is 20.8 Å². The molecule has 0 spiro atoms. The van der Waals surface area contributed by atoms with Gasteiger partial charge in [0.2, 0.25) is 11.8 Å². The van der Waals surface area contributed by atoms with E-state index in [9.17, 15) is 9.59 Å². The first-order valence-electron chi connectivity index (χ1n) is 12.7. The van der Waals surface area contributed by atoms with Gasteiger partial charge in [-0.15, -0.1) is 11.8 Å². The third-order valence-electron chi connectivity index (χ3n) is 6.07. The highest BCUT2D eigenvalue weighted by molar-refractivity contribution is 7.99. The zero-order valence-corrected chi connectivity index (χ0v) is 22.7. The Labute approximate surface area is 220 Å². The van der Waals surface area contributed by atoms with Crippen molar-refractivity contribution in [2.45, 2.75) is 58.9 Å². The molecular weight excluding hydrogens is 464 g/mol. The fourth-order valence-electron chi connectivity index (χ4n) is 4.30. The van der Waals surface area contributed by atoms with Gasteiger partial charge in [0.15, 0.2) is 0 Å². The average Bonchev–Trinajstić information content (AvgIpc) is 2.85. The molecule has 0 bridgehead atoms. The zero-order chi connectivity index (χ0) is 25.9. The van der Waals surface area contributed by atoms with Crippen LogP contribution in [0.15, 0.2) is 72.8 Å². The molecule has 0 aliphatic rings. The average molecular weight is 503 g/mol. The highest BCUT2D eigenvalue weighted by Gasteiger charge is 2.30. The largest absolute Gasteiger partial charge is 0.354 e. The van der Waals surface area contributed by atoms with Gasteiger partial charge in [-0.25, -0.2) is 0 Å². The smallest absolute Gasteiger partial charge is 0.243 e. The fourth-order valence-corrected chi connectivity index (χ4v) is 5.15. The number of nitrogens with zero attached hydrogens (tertiary/aromatic N) is 1. The van der Waals surface area contributed by atoms with Crippen molar-refractivity contribution in [3.05, 3.63) is 106 Å². The van der Waals surface area contributed by atoms with E-state index in [2.05, 4.69) is 49.5 Å². The summed E-state index contributed by atoms with van der Waals surface area (Å²) in [6.07, 6.45) is 1.33. The number of nitrogens with one attached hydrogen (secondary N) is 1. The molecule has 36 heavy (non-hydrogen) atoms. The minimum Gasteiger partial charge on any atom is -0.354 e. The molecule has 0 saturated heterocycles. The van der Waals surface area contributed by atoms with Crippen molar-refractivity contribution in [1.82, 2.24) is 10.2 Å². The van der Waals surface area contributed by atoms with Crippen LogP contribution >= 0.6 is 11.8 Å². The maximum absolute atomic E-state index is 13.7. The van der Waals surface area contributed by atoms with Crippen LogP contribution in [0.2, 0.25) is 0 Å². The Kier molecular flexibility index (Phi) is 10.6. The number of thioether (sulfide) groups is 1. The first-order chi connectivity index (χ1) is 17.4. The van der Waals surface area contributed by atoms with Gasteiger partial charge in [0.05, 0.1) is 5.75 Å². The number of carbonyl (C=O) groups is 2. The molecule has 1 atom stereocenters. The second-order valence-corrected chi connectivity index (χ2v) is 10.5. The van der Waals surface area contributed by atoms with Gasteiger partial charge < -0.3 is 10.2 Å². The van der Waals surface area contributed by atoms with Gasteiger partial charge in [0.25, 0.3) is 0 Å². The number of rotatable bonds is 12. The quantitative estimate of drug-likeness (QED) is 0.330. The van der Waals surface area contributed by atoms with Crippen molar-refractivity contribution in [2.75, 3.05) is 12.3 Å². The number of hydrogen-bond acceptors (Lipinski definition) is 3. The lowest BCUT2D eigenvalue weighted by Gasteiger charge is -2.31. The van der Waals surface area contributed by atoms with Crippen molar-refractivity contribution in [1.29, 1.82) is 0 Å². The predicted octanol–water partition coefficient (Wildman–Crippen LogP) is 6.01. The standard InChI is InChI=1S/C31H38N2O2S/c1-5-15-32-31(35)29(19-26-9-7-6-8-10-26)33(20-27-13-11-23(2)12-14-27)30(34)22-36-21-28-17-24(3)16-25(4)18-28/h6-14,16-18,29H,5,15,19-22H2,1-4H3,(H,32,35)/t29-/m1/s1. The Morgan fingerprint density at radius 1 is 0.833 bits per heavy atom. The molecule has 4 nitrogen and oxygen atoms in total. The van der Waals surface area contributed by atoms with Gasteiger partial charge in [-0.1, -0.05) is 96.4 Å². The molecule has 0 saturated carbocycles. The monoisotopic (exact) mass is 502 g/mol. The summed E-state index contributed by atoms with van der Waals surface area (Å²) < 4.78 is 0. The van der Waals surface area contributed by atoms with Crippen molar-refractivity contribution in [3.8, 4) is 0 Å². The predicted molar refractivity (Wildman–Crippen MR) is 151 cm³/mol. The van der Waals surface area contributed by atoms with Crippen molar-refractivity contribution >= 4 is 23.6 Å². The Bertz CT molecular complexity index is 1110. The second kappa shape index (κ2) is 13.9. The van der Waals surface area contributed by atoms with Crippen LogP contribution in [0.3, 0.4) is 0 Å². The van der Waals surface area contributed by atoms with E-state index >= 15 is 0 Å². The zero-order valence-electron chi connectivity index (χ0n) is 21.9. The van der Waals surface area contributed by atoms with E-state index in [-0.39, 0.29) is 11.8 Å². The van der Waals surface area contributed by atoms with Gasteiger partial charge in [0.1, 0.15) is 6.04 Å². The lowest BCUT2D eigenvalue weighted by atomic mass is 10.0. The van der Waals surface area contributed by atoms with E-state index in [4.69, 9.17) is 0 Å². The summed E-state index contributed by atoms with van der Waals surface area (Å²) in [5.74, 6) is 0.974. The molecule has 190 valence electrons. The lowest BCUT2D eigenvalue weighted by molar-refractivity contribution is -0.139. The molecule has 2 amide bonds. The van der Waals surface area contributed by atoms with E-state index in [0.717, 1.165) is 23.3 Å². The molecule has 3 aromatic carbocycles. The van der Waals surface area contributed by atoms with Crippen LogP contribution in [-0.4, -0.2) is 35.1 Å². The fraction of sp³-hybridized carbons (Fsp3) is 0.355. The van der Waals surface area contributed by atoms with Crippen LogP contribution in [0.4, 0.5) is 0 Å². The van der Waals surface area contributed by atoms with E-state index in [0.29, 0.717) is 25.3 Å². The highest BCUT2D eigenvalue weighted by atomic mass is 32.2. The van der Waals surface area contributed by atoms with Crippen LogP contribution in [0.5, 0.6) is 0 Å². The molecule has 5 heteroatoms.